The minimum atomic E-state index is -1.42. The summed E-state index contributed by atoms with van der Waals surface area (Å²) >= 11 is 0. The van der Waals surface area contributed by atoms with Gasteiger partial charge in [-0.25, -0.2) is 0 Å². The van der Waals surface area contributed by atoms with Crippen molar-refractivity contribution in [2.45, 2.75) is 257 Å². The van der Waals surface area contributed by atoms with Gasteiger partial charge in [-0.3, -0.25) is 52.7 Å². The molecule has 25 nitrogen and oxygen atoms in total. The number of aliphatic hydroxyl groups excluding tert-OH is 2. The van der Waals surface area contributed by atoms with Crippen molar-refractivity contribution in [2.24, 2.45) is 58.3 Å². The maximum atomic E-state index is 14.6. The molecule has 1 aliphatic heterocycles. The molecule has 1 aliphatic rings. The summed E-state index contributed by atoms with van der Waals surface area (Å²) in [5, 5.41) is 40.7. The highest BCUT2D eigenvalue weighted by atomic mass is 16.3. The number of hydrogen-bond donors (Lipinski definition) is 14. The molecule has 1 saturated heterocycles. The second kappa shape index (κ2) is 45.9. The van der Waals surface area contributed by atoms with E-state index in [1.54, 1.807) is 6.92 Å². The average Bonchev–Trinajstić information content (AvgIpc) is 3.56. The molecule has 0 saturated carbocycles. The Morgan fingerprint density at radius 2 is 0.989 bits per heavy atom. The summed E-state index contributed by atoms with van der Waals surface area (Å²) in [6.45, 7) is 9.71. The number of aliphatic hydroxyl groups is 2. The van der Waals surface area contributed by atoms with Crippen molar-refractivity contribution < 1.29 is 63.0 Å². The SMILES string of the molecule is CCCCCCCC[C@H](CC)C(=O)N[C@@H](CCN)C(=O)C[C@H](C(=O)N[C@@H](CCN)C(=O)C[C@H]1CCNC(=O)[C@H]([C@@H](C)O)CC(=O)[C@H](CCN)NC(=O)[C@H](CCN)NC(=O)[C@H](CC)NC(=O)[C@@H](CCCCCCCC)CC(=O)[C@H](CCN)NC1=O)[C@@H](C)O. The van der Waals surface area contributed by atoms with Gasteiger partial charge < -0.3 is 76.1 Å². The molecule has 0 unspecified atom stereocenters. The van der Waals surface area contributed by atoms with Gasteiger partial charge in [0.25, 0.3) is 0 Å². The van der Waals surface area contributed by atoms with Crippen molar-refractivity contribution in [1.29, 1.82) is 0 Å². The van der Waals surface area contributed by atoms with Crippen LogP contribution in [0.3, 0.4) is 0 Å². The van der Waals surface area contributed by atoms with Gasteiger partial charge in [0.1, 0.15) is 12.1 Å². The maximum Gasteiger partial charge on any atom is 0.243 e. The minimum Gasteiger partial charge on any atom is -0.393 e. The topological polar surface area (TPSA) is 443 Å². The number of carbonyl (C=O) groups is 11. The van der Waals surface area contributed by atoms with Gasteiger partial charge in [0, 0.05) is 50.0 Å². The first-order chi connectivity index (χ1) is 41.5. The average molecular weight is 1240 g/mol. The molecule has 25 heteroatoms. The summed E-state index contributed by atoms with van der Waals surface area (Å²) in [5.41, 5.74) is 29.6. The normalized spacial score (nSPS) is 22.9. The smallest absolute Gasteiger partial charge is 0.243 e. The number of amides is 7. The Morgan fingerprint density at radius 1 is 0.517 bits per heavy atom. The van der Waals surface area contributed by atoms with E-state index in [2.05, 4.69) is 51.1 Å². The second-order valence-corrected chi connectivity index (χ2v) is 23.7. The number of carbonyl (C=O) groups excluding carboxylic acids is 11. The lowest BCUT2D eigenvalue weighted by Crippen LogP contribution is -2.57. The third-order valence-corrected chi connectivity index (χ3v) is 16.6. The van der Waals surface area contributed by atoms with Crippen LogP contribution in [0.5, 0.6) is 0 Å². The molecule has 500 valence electrons. The fraction of sp³-hybridized carbons (Fsp3) is 0.823. The Bertz CT molecular complexity index is 2120. The Morgan fingerprint density at radius 3 is 1.52 bits per heavy atom. The molecule has 0 bridgehead atoms. The zero-order valence-corrected chi connectivity index (χ0v) is 53.4. The number of ketones is 4. The first-order valence-corrected chi connectivity index (χ1v) is 32.6. The summed E-state index contributed by atoms with van der Waals surface area (Å²) in [4.78, 5) is 155. The maximum absolute atomic E-state index is 14.6. The van der Waals surface area contributed by atoms with Gasteiger partial charge in [-0.1, -0.05) is 105 Å². The van der Waals surface area contributed by atoms with E-state index in [0.29, 0.717) is 19.3 Å². The standard InChI is InChI=1S/C62H114N12O13/c1-7-11-13-15-17-19-21-41(9-3)56(81)70-49(25-31-65)55(80)38-45(40(6)76)60(85)72-48(24-30-64)53(78)36-43-28-34-68-59(84)44(39(5)75)37-54(79)50(26-32-66)73-62(87)51(27-33-67)74-61(86)46(10-4)69-57(82)42(22-20-18-16-14-12-8-2)35-52(77)47(23-29-63)71-58(43)83/h39-51,75-76H,7-38,63-67H2,1-6H3,(H,68,84)(H,69,82)(H,70,81)(H,71,83)(H,72,85)(H,73,87)(H,74,86)/t39-,40-,41+,42+,43-,44+,45+,46+,47+,48+,49+,50+,51+/m1/s1. The molecular weight excluding hydrogens is 1120 g/mol. The predicted octanol–water partition coefficient (Wildman–Crippen LogP) is 1.16. The molecule has 0 aliphatic carbocycles. The van der Waals surface area contributed by atoms with E-state index in [1.807, 2.05) is 6.92 Å². The Hall–Kier alpha value is -5.31. The van der Waals surface area contributed by atoms with Gasteiger partial charge in [0.15, 0.2) is 23.1 Å². The molecule has 0 radical (unpaired) electrons. The van der Waals surface area contributed by atoms with E-state index in [0.717, 1.165) is 70.6 Å². The highest BCUT2D eigenvalue weighted by Gasteiger charge is 2.38. The number of unbranched alkanes of at least 4 members (excludes halogenated alkanes) is 10. The van der Waals surface area contributed by atoms with Crippen LogP contribution < -0.4 is 65.9 Å². The summed E-state index contributed by atoms with van der Waals surface area (Å²) < 4.78 is 0. The molecule has 7 amide bonds. The third-order valence-electron chi connectivity index (χ3n) is 16.6. The van der Waals surface area contributed by atoms with Crippen molar-refractivity contribution in [3.8, 4) is 0 Å². The van der Waals surface area contributed by atoms with Crippen LogP contribution in [0, 0.1) is 29.6 Å². The molecule has 0 spiro atoms. The van der Waals surface area contributed by atoms with Crippen molar-refractivity contribution in [3.05, 3.63) is 0 Å². The molecule has 87 heavy (non-hydrogen) atoms. The molecule has 0 aromatic heterocycles. The van der Waals surface area contributed by atoms with Gasteiger partial charge in [-0.15, -0.1) is 0 Å². The summed E-state index contributed by atoms with van der Waals surface area (Å²) in [6.07, 6.45) is 7.47. The van der Waals surface area contributed by atoms with Gasteiger partial charge >= 0.3 is 0 Å². The van der Waals surface area contributed by atoms with Crippen LogP contribution in [0.2, 0.25) is 0 Å². The Balaban J connectivity index is 3.81. The van der Waals surface area contributed by atoms with Gasteiger partial charge in [0.05, 0.1) is 48.2 Å². The number of rotatable bonds is 38. The zero-order chi connectivity index (χ0) is 65.4. The molecule has 0 aromatic rings. The number of nitrogens with two attached hydrogens (primary N) is 5. The van der Waals surface area contributed by atoms with Gasteiger partial charge in [0.2, 0.25) is 41.4 Å². The van der Waals surface area contributed by atoms with Crippen LogP contribution in [0.25, 0.3) is 0 Å². The van der Waals surface area contributed by atoms with Crippen LogP contribution in [0.15, 0.2) is 0 Å². The van der Waals surface area contributed by atoms with Crippen molar-refractivity contribution in [2.75, 3.05) is 39.3 Å². The monoisotopic (exact) mass is 1230 g/mol. The van der Waals surface area contributed by atoms with E-state index in [1.165, 1.54) is 13.8 Å². The Labute approximate surface area is 517 Å². The molecule has 19 N–H and O–H groups in total. The van der Waals surface area contributed by atoms with Crippen LogP contribution >= 0.6 is 0 Å². The van der Waals surface area contributed by atoms with Crippen LogP contribution in [0.4, 0.5) is 0 Å². The fourth-order valence-corrected chi connectivity index (χ4v) is 10.9. The number of hydrogen-bond acceptors (Lipinski definition) is 18. The Kier molecular flexibility index (Phi) is 42.0. The first-order valence-electron chi connectivity index (χ1n) is 32.6. The van der Waals surface area contributed by atoms with Crippen LogP contribution in [-0.2, 0) is 52.7 Å². The zero-order valence-electron chi connectivity index (χ0n) is 53.4. The van der Waals surface area contributed by atoms with Crippen LogP contribution in [-0.4, -0.2) is 162 Å². The van der Waals surface area contributed by atoms with E-state index < -0.39 is 150 Å². The molecule has 1 heterocycles. The largest absolute Gasteiger partial charge is 0.393 e. The lowest BCUT2D eigenvalue weighted by Gasteiger charge is -2.27. The van der Waals surface area contributed by atoms with E-state index in [9.17, 15) is 63.0 Å². The highest BCUT2D eigenvalue weighted by Crippen LogP contribution is 2.23. The lowest BCUT2D eigenvalue weighted by atomic mass is 9.89. The number of nitrogens with one attached hydrogen (secondary N) is 7. The van der Waals surface area contributed by atoms with Gasteiger partial charge in [-0.05, 0) is 111 Å². The highest BCUT2D eigenvalue weighted by molar-refractivity contribution is 5.99. The fourth-order valence-electron chi connectivity index (χ4n) is 10.9. The van der Waals surface area contributed by atoms with Crippen molar-refractivity contribution >= 4 is 64.5 Å². The number of Topliss-reactive ketones (excluding diaryl/α,β-unsaturated/α-hetero) is 4. The van der Waals surface area contributed by atoms with E-state index >= 15 is 0 Å². The quantitative estimate of drug-likeness (QED) is 0.0386. The van der Waals surface area contributed by atoms with Crippen molar-refractivity contribution in [3.63, 3.8) is 0 Å². The molecular formula is C62H114N12O13. The van der Waals surface area contributed by atoms with Crippen molar-refractivity contribution in [1.82, 2.24) is 37.2 Å². The predicted molar refractivity (Wildman–Crippen MR) is 333 cm³/mol. The summed E-state index contributed by atoms with van der Waals surface area (Å²) in [5.74, 6) is -12.9. The first kappa shape index (κ1) is 79.7. The molecule has 1 rings (SSSR count). The van der Waals surface area contributed by atoms with Crippen LogP contribution in [0.1, 0.15) is 208 Å². The second-order valence-electron chi connectivity index (χ2n) is 23.7. The molecule has 1 fully saturated rings. The van der Waals surface area contributed by atoms with E-state index in [-0.39, 0.29) is 109 Å². The summed E-state index contributed by atoms with van der Waals surface area (Å²) in [7, 11) is 0. The van der Waals surface area contributed by atoms with Gasteiger partial charge in [-0.2, -0.15) is 0 Å². The van der Waals surface area contributed by atoms with E-state index in [4.69, 9.17) is 28.7 Å². The molecule has 13 atom stereocenters. The summed E-state index contributed by atoms with van der Waals surface area (Å²) in [6, 6.07) is -7.43. The lowest BCUT2D eigenvalue weighted by molar-refractivity contribution is -0.137. The molecule has 0 aromatic carbocycles. The minimum absolute atomic E-state index is 0.0364. The third kappa shape index (κ3) is 30.6.